The van der Waals surface area contributed by atoms with Crippen LogP contribution in [0.4, 0.5) is 0 Å². The Labute approximate surface area is 115 Å². The predicted molar refractivity (Wildman–Crippen MR) is 80.5 cm³/mol. The molecule has 0 aliphatic heterocycles. The number of rotatable bonds is 2. The summed E-state index contributed by atoms with van der Waals surface area (Å²) in [5, 5.41) is 13.4. The van der Waals surface area contributed by atoms with E-state index < -0.39 is 0 Å². The molecule has 8 N–H and O–H groups in total. The van der Waals surface area contributed by atoms with E-state index in [0.717, 1.165) is 0 Å². The summed E-state index contributed by atoms with van der Waals surface area (Å²) < 4.78 is 1.28. The van der Waals surface area contributed by atoms with E-state index in [9.17, 15) is 0 Å². The molecule has 1 aromatic rings. The van der Waals surface area contributed by atoms with E-state index in [0.29, 0.717) is 17.9 Å². The highest BCUT2D eigenvalue weighted by atomic mass is 15.3. The fraction of sp³-hybridized carbons (Fsp3) is 0.500. The van der Waals surface area contributed by atoms with Crippen molar-refractivity contribution in [1.29, 1.82) is 5.41 Å². The van der Waals surface area contributed by atoms with Crippen LogP contribution in [0.2, 0.25) is 0 Å². The summed E-state index contributed by atoms with van der Waals surface area (Å²) in [5.41, 5.74) is 15.3. The van der Waals surface area contributed by atoms with Crippen molar-refractivity contribution in [3.8, 4) is 0 Å². The van der Waals surface area contributed by atoms with Gasteiger partial charge < -0.3 is 22.5 Å². The molecule has 19 heavy (non-hydrogen) atoms. The Bertz CT molecular complexity index is 338. The summed E-state index contributed by atoms with van der Waals surface area (Å²) in [6, 6.07) is 2.44. The molecular weight excluding hydrogens is 242 g/mol. The van der Waals surface area contributed by atoms with Crippen LogP contribution in [-0.2, 0) is 0 Å². The second-order valence-corrected chi connectivity index (χ2v) is 4.40. The summed E-state index contributed by atoms with van der Waals surface area (Å²) in [6.07, 6.45) is 3.18. The lowest BCUT2D eigenvalue weighted by Crippen LogP contribution is -2.25. The van der Waals surface area contributed by atoms with E-state index in [2.05, 4.69) is 17.0 Å². The molecule has 1 aromatic heterocycles. The van der Waals surface area contributed by atoms with Crippen LogP contribution in [-0.4, -0.2) is 27.8 Å². The van der Waals surface area contributed by atoms with E-state index in [1.54, 1.807) is 18.5 Å². The minimum atomic E-state index is -0.0602. The lowest BCUT2D eigenvalue weighted by molar-refractivity contribution is 0.665. The third-order valence-electron chi connectivity index (χ3n) is 1.23. The molecule has 0 unspecified atom stereocenters. The second-order valence-electron chi connectivity index (χ2n) is 4.40. The maximum atomic E-state index is 6.83. The van der Waals surface area contributed by atoms with Gasteiger partial charge in [0.25, 0.3) is 0 Å². The number of nitrogen functional groups attached to an aromatic ring is 1. The number of hydrogen-bond acceptors (Lipinski definition) is 5. The van der Waals surface area contributed by atoms with Gasteiger partial charge >= 0.3 is 0 Å². The first-order valence-corrected chi connectivity index (χ1v) is 5.97. The fourth-order valence-corrected chi connectivity index (χ4v) is 0.782. The van der Waals surface area contributed by atoms with Crippen LogP contribution in [0.5, 0.6) is 0 Å². The molecule has 7 heteroatoms. The SMILES string of the molecule is C=C(N)NC(C)C.CC(C)N.N=C(N)n1cccn1. The highest BCUT2D eigenvalue weighted by molar-refractivity contribution is 5.75. The molecule has 0 aromatic carbocycles. The Morgan fingerprint density at radius 2 is 1.79 bits per heavy atom. The van der Waals surface area contributed by atoms with Gasteiger partial charge in [-0.2, -0.15) is 5.10 Å². The van der Waals surface area contributed by atoms with Gasteiger partial charge in [0, 0.05) is 18.4 Å². The van der Waals surface area contributed by atoms with E-state index >= 15 is 0 Å². The Hall–Kier alpha value is -2.02. The van der Waals surface area contributed by atoms with Crippen molar-refractivity contribution in [2.75, 3.05) is 0 Å². The van der Waals surface area contributed by atoms with Gasteiger partial charge in [0.05, 0.1) is 5.82 Å². The van der Waals surface area contributed by atoms with E-state index in [-0.39, 0.29) is 5.96 Å². The monoisotopic (exact) mass is 269 g/mol. The van der Waals surface area contributed by atoms with Gasteiger partial charge in [-0.05, 0) is 26.0 Å². The normalized spacial score (nSPS) is 9.00. The maximum Gasteiger partial charge on any atom is 0.213 e. The largest absolute Gasteiger partial charge is 0.386 e. The summed E-state index contributed by atoms with van der Waals surface area (Å²) in [5.74, 6) is 0.477. The van der Waals surface area contributed by atoms with Crippen molar-refractivity contribution < 1.29 is 0 Å². The molecule has 0 saturated heterocycles. The van der Waals surface area contributed by atoms with Crippen LogP contribution in [0.3, 0.4) is 0 Å². The van der Waals surface area contributed by atoms with E-state index in [1.807, 2.05) is 27.7 Å². The van der Waals surface area contributed by atoms with E-state index in [1.165, 1.54) is 4.68 Å². The highest BCUT2D eigenvalue weighted by Crippen LogP contribution is 1.77. The lowest BCUT2D eigenvalue weighted by atomic mass is 10.4. The van der Waals surface area contributed by atoms with Gasteiger partial charge in [-0.15, -0.1) is 0 Å². The predicted octanol–water partition coefficient (Wildman–Crippen LogP) is 0.392. The molecule has 1 heterocycles. The van der Waals surface area contributed by atoms with Crippen LogP contribution in [0.15, 0.2) is 30.9 Å². The smallest absolute Gasteiger partial charge is 0.213 e. The van der Waals surface area contributed by atoms with Gasteiger partial charge in [0.15, 0.2) is 0 Å². The topological polar surface area (TPSA) is 132 Å². The lowest BCUT2D eigenvalue weighted by Gasteiger charge is -2.06. The average Bonchev–Trinajstić information content (AvgIpc) is 2.66. The third kappa shape index (κ3) is 18.5. The molecule has 7 nitrogen and oxygen atoms in total. The third-order valence-corrected chi connectivity index (χ3v) is 1.23. The van der Waals surface area contributed by atoms with Crippen LogP contribution < -0.4 is 22.5 Å². The molecular formula is C12H27N7. The first kappa shape index (κ1) is 19.3. The van der Waals surface area contributed by atoms with Crippen molar-refractivity contribution in [1.82, 2.24) is 15.1 Å². The number of nitrogens with zero attached hydrogens (tertiary/aromatic N) is 2. The zero-order valence-electron chi connectivity index (χ0n) is 12.2. The quantitative estimate of drug-likeness (QED) is 0.391. The minimum absolute atomic E-state index is 0.0602. The van der Waals surface area contributed by atoms with Gasteiger partial charge in [-0.3, -0.25) is 5.41 Å². The summed E-state index contributed by atoms with van der Waals surface area (Å²) >= 11 is 0. The van der Waals surface area contributed by atoms with E-state index in [4.69, 9.17) is 22.6 Å². The first-order chi connectivity index (χ1) is 8.66. The summed E-state index contributed by atoms with van der Waals surface area (Å²) in [7, 11) is 0. The minimum Gasteiger partial charge on any atom is -0.386 e. The zero-order chi connectivity index (χ0) is 15.4. The molecule has 0 amide bonds. The Morgan fingerprint density at radius 3 is 1.89 bits per heavy atom. The standard InChI is InChI=1S/C5H12N2.C4H6N4.C3H9N/c1-4(2)7-5(3)6;5-4(6)8-3-1-2-7-8;1-3(2)4/h4,7H,3,6H2,1-2H3;1-3H,(H3,5,6);3H,4H2,1-2H3. The highest BCUT2D eigenvalue weighted by Gasteiger charge is 1.87. The zero-order valence-corrected chi connectivity index (χ0v) is 12.2. The molecule has 0 aliphatic carbocycles. The van der Waals surface area contributed by atoms with Crippen LogP contribution in [0.25, 0.3) is 0 Å². The molecule has 0 atom stereocenters. The molecule has 0 fully saturated rings. The Balaban J connectivity index is 0. The maximum absolute atomic E-state index is 6.83. The van der Waals surface area contributed by atoms with Crippen molar-refractivity contribution in [2.24, 2.45) is 17.2 Å². The van der Waals surface area contributed by atoms with Crippen LogP contribution in [0.1, 0.15) is 27.7 Å². The molecule has 1 rings (SSSR count). The Morgan fingerprint density at radius 1 is 1.32 bits per heavy atom. The van der Waals surface area contributed by atoms with Gasteiger partial charge in [0.2, 0.25) is 5.96 Å². The number of nitrogens with one attached hydrogen (secondary N) is 2. The summed E-state index contributed by atoms with van der Waals surface area (Å²) in [6.45, 7) is 11.4. The van der Waals surface area contributed by atoms with Crippen molar-refractivity contribution >= 4 is 5.96 Å². The fourth-order valence-electron chi connectivity index (χ4n) is 0.782. The molecule has 0 saturated carbocycles. The number of nitrogens with two attached hydrogens (primary N) is 3. The average molecular weight is 269 g/mol. The van der Waals surface area contributed by atoms with Crippen LogP contribution in [0, 0.1) is 5.41 Å². The molecule has 0 bridgehead atoms. The van der Waals surface area contributed by atoms with Gasteiger partial charge in [0.1, 0.15) is 0 Å². The van der Waals surface area contributed by atoms with Crippen molar-refractivity contribution in [3.63, 3.8) is 0 Å². The Kier molecular flexibility index (Phi) is 11.3. The number of hydrogen-bond donors (Lipinski definition) is 5. The molecule has 110 valence electrons. The molecule has 0 aliphatic rings. The first-order valence-electron chi connectivity index (χ1n) is 5.97. The molecule has 0 radical (unpaired) electrons. The van der Waals surface area contributed by atoms with Gasteiger partial charge in [-0.1, -0.05) is 20.4 Å². The van der Waals surface area contributed by atoms with Crippen molar-refractivity contribution in [2.45, 2.75) is 39.8 Å². The second kappa shape index (κ2) is 11.1. The molecule has 0 spiro atoms. The van der Waals surface area contributed by atoms with Crippen LogP contribution >= 0.6 is 0 Å². The van der Waals surface area contributed by atoms with Gasteiger partial charge in [-0.25, -0.2) is 4.68 Å². The van der Waals surface area contributed by atoms with Crippen molar-refractivity contribution in [3.05, 3.63) is 30.9 Å². The summed E-state index contributed by atoms with van der Waals surface area (Å²) in [4.78, 5) is 0. The number of aromatic nitrogens is 2.